The molecule has 0 amide bonds. The number of unbranched alkanes of at least 4 members (excludes halogenated alkanes) is 36. The highest BCUT2D eigenvalue weighted by Gasteiger charge is 2.19. The molecule has 0 aliphatic carbocycles. The highest BCUT2D eigenvalue weighted by molar-refractivity contribution is 5.71. The Morgan fingerprint density at radius 1 is 0.292 bits per heavy atom. The molecule has 0 N–H and O–H groups in total. The summed E-state index contributed by atoms with van der Waals surface area (Å²) in [6, 6.07) is 0. The Labute approximate surface area is 447 Å². The van der Waals surface area contributed by atoms with Crippen LogP contribution in [0.5, 0.6) is 0 Å². The van der Waals surface area contributed by atoms with Gasteiger partial charge in [-0.25, -0.2) is 0 Å². The minimum Gasteiger partial charge on any atom is -0.462 e. The zero-order valence-electron chi connectivity index (χ0n) is 47.9. The summed E-state index contributed by atoms with van der Waals surface area (Å²) in [6.07, 6.45) is 76.5. The second-order valence-electron chi connectivity index (χ2n) is 20.9. The van der Waals surface area contributed by atoms with Crippen molar-refractivity contribution < 1.29 is 28.6 Å². The van der Waals surface area contributed by atoms with Crippen LogP contribution in [-0.2, 0) is 28.6 Å². The summed E-state index contributed by atoms with van der Waals surface area (Å²) in [4.78, 5) is 38.3. The maximum absolute atomic E-state index is 12.9. The highest BCUT2D eigenvalue weighted by Crippen LogP contribution is 2.16. The maximum Gasteiger partial charge on any atom is 0.306 e. The predicted octanol–water partition coefficient (Wildman–Crippen LogP) is 21.2. The maximum atomic E-state index is 12.9. The van der Waals surface area contributed by atoms with Crippen molar-refractivity contribution >= 4 is 17.9 Å². The second-order valence-corrected chi connectivity index (χ2v) is 20.9. The molecule has 0 aromatic carbocycles. The zero-order valence-corrected chi connectivity index (χ0v) is 47.9. The van der Waals surface area contributed by atoms with Gasteiger partial charge in [0.1, 0.15) is 13.2 Å². The van der Waals surface area contributed by atoms with Gasteiger partial charge in [0.25, 0.3) is 0 Å². The summed E-state index contributed by atoms with van der Waals surface area (Å²) in [7, 11) is 0. The monoisotopic (exact) mass is 1010 g/mol. The second kappa shape index (κ2) is 60.7. The van der Waals surface area contributed by atoms with Gasteiger partial charge >= 0.3 is 17.9 Å². The number of esters is 3. The number of allylic oxidation sites excluding steroid dienone is 10. The minimum absolute atomic E-state index is 0.0819. The van der Waals surface area contributed by atoms with Gasteiger partial charge in [-0.3, -0.25) is 14.4 Å². The van der Waals surface area contributed by atoms with Crippen LogP contribution in [0.25, 0.3) is 0 Å². The van der Waals surface area contributed by atoms with Crippen LogP contribution in [0.1, 0.15) is 323 Å². The molecule has 0 bridgehead atoms. The number of hydrogen-bond donors (Lipinski definition) is 0. The lowest BCUT2D eigenvalue weighted by molar-refractivity contribution is -0.167. The topological polar surface area (TPSA) is 78.9 Å². The van der Waals surface area contributed by atoms with Crippen LogP contribution in [-0.4, -0.2) is 37.2 Å². The van der Waals surface area contributed by atoms with E-state index >= 15 is 0 Å². The van der Waals surface area contributed by atoms with Crippen LogP contribution >= 0.6 is 0 Å². The van der Waals surface area contributed by atoms with Crippen LogP contribution in [0.15, 0.2) is 60.8 Å². The van der Waals surface area contributed by atoms with Crippen molar-refractivity contribution in [3.8, 4) is 0 Å². The van der Waals surface area contributed by atoms with E-state index in [1.165, 1.54) is 173 Å². The molecule has 0 aromatic heterocycles. The Morgan fingerprint density at radius 3 is 0.861 bits per heavy atom. The van der Waals surface area contributed by atoms with E-state index < -0.39 is 6.10 Å². The van der Waals surface area contributed by atoms with Crippen LogP contribution in [0, 0.1) is 0 Å². The first kappa shape index (κ1) is 69.1. The summed E-state index contributed by atoms with van der Waals surface area (Å²) < 4.78 is 16.9. The van der Waals surface area contributed by atoms with E-state index in [0.29, 0.717) is 19.3 Å². The quantitative estimate of drug-likeness (QED) is 0.0261. The van der Waals surface area contributed by atoms with Gasteiger partial charge in [-0.05, 0) is 103 Å². The molecular formula is C66H118O6. The van der Waals surface area contributed by atoms with Gasteiger partial charge in [-0.2, -0.15) is 0 Å². The van der Waals surface area contributed by atoms with E-state index in [4.69, 9.17) is 14.2 Å². The SMILES string of the molecule is CC/C=C\C/C=C\C/C=C\CCCCCCCC(=O)OCC(COC(=O)CCCCCCCCCCCCC/C=C\CCCCCCCCCC)OC(=O)CCCCCCC/C=C\CCCCCCCCC. The summed E-state index contributed by atoms with van der Waals surface area (Å²) in [5, 5.41) is 0. The molecule has 0 saturated carbocycles. The zero-order chi connectivity index (χ0) is 52.2. The molecule has 0 spiro atoms. The van der Waals surface area contributed by atoms with Gasteiger partial charge in [0.2, 0.25) is 0 Å². The molecule has 6 nitrogen and oxygen atoms in total. The third-order valence-corrected chi connectivity index (χ3v) is 13.7. The smallest absolute Gasteiger partial charge is 0.306 e. The van der Waals surface area contributed by atoms with Gasteiger partial charge in [0, 0.05) is 19.3 Å². The van der Waals surface area contributed by atoms with Crippen molar-refractivity contribution in [2.75, 3.05) is 13.2 Å². The van der Waals surface area contributed by atoms with E-state index in [0.717, 1.165) is 109 Å². The first-order valence-electron chi connectivity index (χ1n) is 31.3. The largest absolute Gasteiger partial charge is 0.462 e. The fraction of sp³-hybridized carbons (Fsp3) is 0.803. The van der Waals surface area contributed by atoms with E-state index in [2.05, 4.69) is 81.5 Å². The van der Waals surface area contributed by atoms with Crippen molar-refractivity contribution in [2.24, 2.45) is 0 Å². The van der Waals surface area contributed by atoms with Crippen molar-refractivity contribution in [2.45, 2.75) is 329 Å². The van der Waals surface area contributed by atoms with Crippen LogP contribution in [0.2, 0.25) is 0 Å². The predicted molar refractivity (Wildman–Crippen MR) is 312 cm³/mol. The molecule has 1 atom stereocenters. The lowest BCUT2D eigenvalue weighted by Crippen LogP contribution is -2.30. The highest BCUT2D eigenvalue weighted by atomic mass is 16.6. The molecule has 0 saturated heterocycles. The summed E-state index contributed by atoms with van der Waals surface area (Å²) >= 11 is 0. The minimum atomic E-state index is -0.786. The normalized spacial score (nSPS) is 12.4. The molecule has 1 unspecified atom stereocenters. The Kier molecular flexibility index (Phi) is 58.2. The fourth-order valence-electron chi connectivity index (χ4n) is 9.04. The lowest BCUT2D eigenvalue weighted by Gasteiger charge is -2.18. The summed E-state index contributed by atoms with van der Waals surface area (Å²) in [5.74, 6) is -0.894. The van der Waals surface area contributed by atoms with Crippen molar-refractivity contribution in [3.63, 3.8) is 0 Å². The Hall–Kier alpha value is -2.89. The molecule has 0 heterocycles. The molecule has 0 aliphatic heterocycles. The van der Waals surface area contributed by atoms with Crippen LogP contribution in [0.3, 0.4) is 0 Å². The van der Waals surface area contributed by atoms with Gasteiger partial charge in [0.15, 0.2) is 6.10 Å². The van der Waals surface area contributed by atoms with Crippen LogP contribution < -0.4 is 0 Å². The number of ether oxygens (including phenoxy) is 3. The van der Waals surface area contributed by atoms with Gasteiger partial charge in [-0.15, -0.1) is 0 Å². The van der Waals surface area contributed by atoms with E-state index in [9.17, 15) is 14.4 Å². The Balaban J connectivity index is 4.33. The first-order chi connectivity index (χ1) is 35.5. The van der Waals surface area contributed by atoms with E-state index in [1.807, 2.05) is 0 Å². The molecule has 0 aromatic rings. The molecular weight excluding hydrogens is 889 g/mol. The standard InChI is InChI=1S/C66H118O6/c1-4-7-10-13-16-19-22-25-28-30-31-32-33-34-35-36-39-41-44-47-50-53-56-59-65(68)71-62-63(61-70-64(67)58-55-52-49-46-43-40-37-27-24-21-18-15-12-9-6-3)72-66(69)60-57-54-51-48-45-42-38-29-26-23-20-17-14-11-8-5-2/h9,12,18,21,27,29-31,37-38,63H,4-8,10-11,13-17,19-20,22-26,28,32-36,39-62H2,1-3H3/b12-9-,21-18-,31-30-,37-27-,38-29-. The lowest BCUT2D eigenvalue weighted by atomic mass is 10.0. The number of carbonyl (C=O) groups excluding carboxylic acids is 3. The van der Waals surface area contributed by atoms with Crippen molar-refractivity contribution in [1.82, 2.24) is 0 Å². The number of carbonyl (C=O) groups is 3. The Morgan fingerprint density at radius 2 is 0.542 bits per heavy atom. The van der Waals surface area contributed by atoms with Gasteiger partial charge in [0.05, 0.1) is 0 Å². The summed E-state index contributed by atoms with van der Waals surface area (Å²) in [5.41, 5.74) is 0. The van der Waals surface area contributed by atoms with Crippen molar-refractivity contribution in [1.29, 1.82) is 0 Å². The molecule has 418 valence electrons. The van der Waals surface area contributed by atoms with E-state index in [-0.39, 0.29) is 31.1 Å². The fourth-order valence-corrected chi connectivity index (χ4v) is 9.04. The Bertz CT molecular complexity index is 1290. The molecule has 0 fully saturated rings. The molecule has 72 heavy (non-hydrogen) atoms. The van der Waals surface area contributed by atoms with Crippen LogP contribution in [0.4, 0.5) is 0 Å². The third kappa shape index (κ3) is 58.0. The first-order valence-corrected chi connectivity index (χ1v) is 31.3. The molecule has 6 heteroatoms. The average Bonchev–Trinajstić information content (AvgIpc) is 3.38. The average molecular weight is 1010 g/mol. The number of rotatable bonds is 57. The van der Waals surface area contributed by atoms with Gasteiger partial charge in [-0.1, -0.05) is 261 Å². The molecule has 0 rings (SSSR count). The van der Waals surface area contributed by atoms with E-state index in [1.54, 1.807) is 0 Å². The summed E-state index contributed by atoms with van der Waals surface area (Å²) in [6.45, 7) is 6.54. The number of hydrogen-bond acceptors (Lipinski definition) is 6. The molecule has 0 aliphatic rings. The van der Waals surface area contributed by atoms with Gasteiger partial charge < -0.3 is 14.2 Å². The van der Waals surface area contributed by atoms with Crippen molar-refractivity contribution in [3.05, 3.63) is 60.8 Å². The third-order valence-electron chi connectivity index (χ3n) is 13.7. The molecule has 0 radical (unpaired) electrons.